The van der Waals surface area contributed by atoms with E-state index in [9.17, 15) is 20.1 Å². The molecule has 0 aliphatic heterocycles. The molecule has 98 valence electrons. The lowest BCUT2D eigenvalue weighted by Crippen LogP contribution is -2.61. The fourth-order valence-corrected chi connectivity index (χ4v) is 2.12. The molecule has 0 heterocycles. The third kappa shape index (κ3) is 2.13. The molecule has 1 aromatic carbocycles. The number of aliphatic hydroxyl groups excluding tert-OH is 1. The van der Waals surface area contributed by atoms with Crippen molar-refractivity contribution < 1.29 is 20.1 Å². The van der Waals surface area contributed by atoms with E-state index in [0.29, 0.717) is 6.42 Å². The lowest BCUT2D eigenvalue weighted by Gasteiger charge is -2.49. The summed E-state index contributed by atoms with van der Waals surface area (Å²) in [5.41, 5.74) is -0.154. The van der Waals surface area contributed by atoms with E-state index >= 15 is 0 Å². The van der Waals surface area contributed by atoms with Crippen LogP contribution in [-0.2, 0) is 0 Å². The molecule has 1 aromatic rings. The van der Waals surface area contributed by atoms with Gasteiger partial charge < -0.3 is 20.6 Å². The minimum absolute atomic E-state index is 0.107. The molecule has 0 radical (unpaired) electrons. The molecule has 0 aromatic heterocycles. The molecule has 2 atom stereocenters. The Labute approximate surface area is 105 Å². The second kappa shape index (κ2) is 4.17. The van der Waals surface area contributed by atoms with E-state index in [1.54, 1.807) is 0 Å². The molecule has 2 rings (SSSR count). The Bertz CT molecular complexity index is 464. The minimum atomic E-state index is -0.416. The van der Waals surface area contributed by atoms with Crippen molar-refractivity contribution in [2.24, 2.45) is 5.41 Å². The number of nitrogens with one attached hydrogen (secondary N) is 1. The number of benzene rings is 1. The molecular weight excluding hydrogens is 234 g/mol. The number of hydrogen-bond acceptors (Lipinski definition) is 4. The van der Waals surface area contributed by atoms with E-state index in [0.717, 1.165) is 6.07 Å². The molecule has 1 amide bonds. The molecule has 2 unspecified atom stereocenters. The molecule has 1 saturated carbocycles. The fourth-order valence-electron chi connectivity index (χ4n) is 2.12. The third-order valence-electron chi connectivity index (χ3n) is 3.69. The molecule has 1 aliphatic rings. The van der Waals surface area contributed by atoms with Crippen LogP contribution in [0.3, 0.4) is 0 Å². The highest BCUT2D eigenvalue weighted by Crippen LogP contribution is 2.40. The average Bonchev–Trinajstić information content (AvgIpc) is 2.27. The highest BCUT2D eigenvalue weighted by atomic mass is 16.3. The maximum Gasteiger partial charge on any atom is 0.251 e. The number of rotatable bonds is 2. The van der Waals surface area contributed by atoms with Crippen LogP contribution in [0.15, 0.2) is 18.2 Å². The number of aliphatic hydroxyl groups is 1. The second-order valence-electron chi connectivity index (χ2n) is 5.34. The summed E-state index contributed by atoms with van der Waals surface area (Å²) in [5, 5.41) is 31.0. The molecule has 4 N–H and O–H groups in total. The Hall–Kier alpha value is -1.75. The van der Waals surface area contributed by atoms with Gasteiger partial charge in [0.05, 0.1) is 6.10 Å². The molecule has 0 spiro atoms. The summed E-state index contributed by atoms with van der Waals surface area (Å²) in [7, 11) is 0. The first-order valence-electron chi connectivity index (χ1n) is 5.82. The van der Waals surface area contributed by atoms with Crippen molar-refractivity contribution in [2.45, 2.75) is 32.4 Å². The Morgan fingerprint density at radius 1 is 1.28 bits per heavy atom. The summed E-state index contributed by atoms with van der Waals surface area (Å²) in [6.45, 7) is 3.76. The van der Waals surface area contributed by atoms with E-state index in [1.807, 2.05) is 13.8 Å². The summed E-state index contributed by atoms with van der Waals surface area (Å²) in [5.74, 6) is -0.688. The molecular formula is C13H17NO4. The normalized spacial score (nSPS) is 25.3. The number of carbonyl (C=O) groups is 1. The standard InChI is InChI=1S/C13H17NO4/c1-13(2)10(6-11(13)17)14-12(18)7-3-8(15)5-9(16)4-7/h3-5,10-11,15-17H,6H2,1-2H3,(H,14,18). The lowest BCUT2D eigenvalue weighted by atomic mass is 9.64. The van der Waals surface area contributed by atoms with Crippen LogP contribution in [-0.4, -0.2) is 33.4 Å². The number of aromatic hydroxyl groups is 2. The minimum Gasteiger partial charge on any atom is -0.508 e. The molecule has 1 fully saturated rings. The van der Waals surface area contributed by atoms with Gasteiger partial charge in [0.15, 0.2) is 0 Å². The van der Waals surface area contributed by atoms with E-state index in [1.165, 1.54) is 12.1 Å². The van der Waals surface area contributed by atoms with Crippen molar-refractivity contribution in [1.82, 2.24) is 5.32 Å². The van der Waals surface area contributed by atoms with Gasteiger partial charge in [-0.15, -0.1) is 0 Å². The van der Waals surface area contributed by atoms with Crippen LogP contribution in [0.4, 0.5) is 0 Å². The van der Waals surface area contributed by atoms with Crippen LogP contribution < -0.4 is 5.32 Å². The molecule has 0 bridgehead atoms. The van der Waals surface area contributed by atoms with Crippen molar-refractivity contribution >= 4 is 5.91 Å². The van der Waals surface area contributed by atoms with Crippen molar-refractivity contribution in [3.05, 3.63) is 23.8 Å². The number of hydrogen-bond donors (Lipinski definition) is 4. The Morgan fingerprint density at radius 2 is 1.83 bits per heavy atom. The lowest BCUT2D eigenvalue weighted by molar-refractivity contribution is -0.0689. The first-order chi connectivity index (χ1) is 8.30. The quantitative estimate of drug-likeness (QED) is 0.631. The van der Waals surface area contributed by atoms with E-state index in [-0.39, 0.29) is 34.4 Å². The highest BCUT2D eigenvalue weighted by Gasteiger charge is 2.47. The topological polar surface area (TPSA) is 89.8 Å². The van der Waals surface area contributed by atoms with E-state index < -0.39 is 6.10 Å². The van der Waals surface area contributed by atoms with Crippen molar-refractivity contribution in [3.63, 3.8) is 0 Å². The molecule has 0 saturated heterocycles. The number of amides is 1. The summed E-state index contributed by atoms with van der Waals surface area (Å²) in [6.07, 6.45) is 0.101. The zero-order valence-corrected chi connectivity index (χ0v) is 10.3. The summed E-state index contributed by atoms with van der Waals surface area (Å²) < 4.78 is 0. The van der Waals surface area contributed by atoms with Crippen molar-refractivity contribution in [1.29, 1.82) is 0 Å². The van der Waals surface area contributed by atoms with Crippen LogP contribution in [0.2, 0.25) is 0 Å². The molecule has 1 aliphatic carbocycles. The zero-order chi connectivity index (χ0) is 13.5. The van der Waals surface area contributed by atoms with Gasteiger partial charge in [-0.2, -0.15) is 0 Å². The van der Waals surface area contributed by atoms with Crippen LogP contribution in [0.25, 0.3) is 0 Å². The maximum atomic E-state index is 11.9. The van der Waals surface area contributed by atoms with Gasteiger partial charge in [0, 0.05) is 23.1 Å². The second-order valence-corrected chi connectivity index (χ2v) is 5.34. The number of phenols is 2. The highest BCUT2D eigenvalue weighted by molar-refractivity contribution is 5.95. The van der Waals surface area contributed by atoms with Crippen LogP contribution in [0.5, 0.6) is 11.5 Å². The van der Waals surface area contributed by atoms with Gasteiger partial charge in [-0.3, -0.25) is 4.79 Å². The summed E-state index contributed by atoms with van der Waals surface area (Å²) in [6, 6.07) is 3.63. The average molecular weight is 251 g/mol. The van der Waals surface area contributed by atoms with E-state index in [2.05, 4.69) is 5.32 Å². The molecule has 5 heteroatoms. The first-order valence-corrected chi connectivity index (χ1v) is 5.82. The molecule has 5 nitrogen and oxygen atoms in total. The Kier molecular flexibility index (Phi) is 2.94. The van der Waals surface area contributed by atoms with Gasteiger partial charge in [0.1, 0.15) is 11.5 Å². The monoisotopic (exact) mass is 251 g/mol. The Balaban J connectivity index is 2.09. The smallest absolute Gasteiger partial charge is 0.251 e. The summed E-state index contributed by atoms with van der Waals surface area (Å²) >= 11 is 0. The molecule has 18 heavy (non-hydrogen) atoms. The van der Waals surface area contributed by atoms with Gasteiger partial charge in [0.2, 0.25) is 0 Å². The largest absolute Gasteiger partial charge is 0.508 e. The van der Waals surface area contributed by atoms with Crippen LogP contribution >= 0.6 is 0 Å². The fraction of sp³-hybridized carbons (Fsp3) is 0.462. The first kappa shape index (κ1) is 12.7. The number of phenolic OH excluding ortho intramolecular Hbond substituents is 2. The van der Waals surface area contributed by atoms with Gasteiger partial charge in [-0.05, 0) is 18.6 Å². The van der Waals surface area contributed by atoms with Crippen LogP contribution in [0, 0.1) is 5.41 Å². The van der Waals surface area contributed by atoms with Crippen LogP contribution in [0.1, 0.15) is 30.6 Å². The zero-order valence-electron chi connectivity index (χ0n) is 10.3. The van der Waals surface area contributed by atoms with Gasteiger partial charge in [-0.1, -0.05) is 13.8 Å². The van der Waals surface area contributed by atoms with Crippen molar-refractivity contribution in [3.8, 4) is 11.5 Å². The SMILES string of the molecule is CC1(C)C(O)CC1NC(=O)c1cc(O)cc(O)c1. The Morgan fingerprint density at radius 3 is 2.28 bits per heavy atom. The van der Waals surface area contributed by atoms with E-state index in [4.69, 9.17) is 0 Å². The van der Waals surface area contributed by atoms with Crippen molar-refractivity contribution in [2.75, 3.05) is 0 Å². The van der Waals surface area contributed by atoms with Gasteiger partial charge in [0.25, 0.3) is 5.91 Å². The maximum absolute atomic E-state index is 11.9. The summed E-state index contributed by atoms with van der Waals surface area (Å²) in [4.78, 5) is 11.9. The van der Waals surface area contributed by atoms with Gasteiger partial charge in [-0.25, -0.2) is 0 Å². The van der Waals surface area contributed by atoms with Gasteiger partial charge >= 0.3 is 0 Å². The number of carbonyl (C=O) groups excluding carboxylic acids is 1. The predicted molar refractivity (Wildman–Crippen MR) is 65.4 cm³/mol. The predicted octanol–water partition coefficient (Wildman–Crippen LogP) is 0.987. The third-order valence-corrected chi connectivity index (χ3v) is 3.69.